The summed E-state index contributed by atoms with van der Waals surface area (Å²) < 4.78 is 0. The fourth-order valence-electron chi connectivity index (χ4n) is 2.08. The zero-order valence-electron chi connectivity index (χ0n) is 8.16. The Kier molecular flexibility index (Phi) is 2.62. The topological polar surface area (TPSA) is 12.9 Å². The third kappa shape index (κ3) is 1.90. The maximum atomic E-state index is 4.47. The molecule has 1 unspecified atom stereocenters. The van der Waals surface area contributed by atoms with E-state index in [0.29, 0.717) is 5.92 Å². The van der Waals surface area contributed by atoms with Crippen molar-refractivity contribution in [1.82, 2.24) is 4.98 Å². The third-order valence-corrected chi connectivity index (χ3v) is 2.82. The molecule has 1 heterocycles. The molecule has 0 amide bonds. The Hall–Kier alpha value is -0.850. The Bertz CT molecular complexity index is 274. The second-order valence-electron chi connectivity index (χ2n) is 3.83. The number of hydrogen-bond acceptors (Lipinski definition) is 1. The predicted octanol–water partition coefficient (Wildman–Crippen LogP) is 3.25. The monoisotopic (exact) mass is 174 g/mol. The van der Waals surface area contributed by atoms with Crippen LogP contribution in [0.2, 0.25) is 0 Å². The van der Waals surface area contributed by atoms with Crippen LogP contribution in [0.15, 0.2) is 18.3 Å². The second-order valence-corrected chi connectivity index (χ2v) is 3.83. The first-order chi connectivity index (χ1) is 6.38. The molecule has 1 aromatic heterocycles. The van der Waals surface area contributed by atoms with Crippen LogP contribution in [0.5, 0.6) is 0 Å². The first-order valence-corrected chi connectivity index (χ1v) is 5.13. The highest BCUT2D eigenvalue weighted by atomic mass is 14.7. The Morgan fingerprint density at radius 2 is 2.31 bits per heavy atom. The van der Waals surface area contributed by atoms with Crippen LogP contribution in [-0.2, 0) is 0 Å². The highest BCUT2D eigenvalue weighted by Crippen LogP contribution is 2.31. The van der Waals surface area contributed by atoms with Crippen molar-refractivity contribution in [3.63, 3.8) is 0 Å². The molecule has 69 valence electrons. The first kappa shape index (κ1) is 8.74. The number of aryl methyl sites for hydroxylation is 1. The van der Waals surface area contributed by atoms with E-state index in [1.54, 1.807) is 0 Å². The van der Waals surface area contributed by atoms with Gasteiger partial charge in [0, 0.05) is 17.8 Å². The fraction of sp³-hybridized carbons (Fsp3) is 0.500. The summed E-state index contributed by atoms with van der Waals surface area (Å²) in [5.74, 6) is 0.620. The van der Waals surface area contributed by atoms with E-state index in [1.807, 2.05) is 12.3 Å². The summed E-state index contributed by atoms with van der Waals surface area (Å²) in [4.78, 5) is 4.47. The van der Waals surface area contributed by atoms with Crippen molar-refractivity contribution in [3.05, 3.63) is 36.0 Å². The summed E-state index contributed by atoms with van der Waals surface area (Å²) in [6.07, 6.45) is 9.61. The predicted molar refractivity (Wildman–Crippen MR) is 54.5 cm³/mol. The largest absolute Gasteiger partial charge is 0.261 e. The van der Waals surface area contributed by atoms with Gasteiger partial charge >= 0.3 is 0 Å². The van der Waals surface area contributed by atoms with E-state index < -0.39 is 0 Å². The lowest BCUT2D eigenvalue weighted by atomic mass is 9.85. The zero-order chi connectivity index (χ0) is 9.10. The molecular weight excluding hydrogens is 158 g/mol. The number of nitrogens with zero attached hydrogens (tertiary/aromatic N) is 1. The highest BCUT2D eigenvalue weighted by Gasteiger charge is 2.17. The van der Waals surface area contributed by atoms with Crippen molar-refractivity contribution in [2.75, 3.05) is 0 Å². The minimum atomic E-state index is 0.620. The minimum Gasteiger partial charge on any atom is -0.261 e. The smallest absolute Gasteiger partial charge is 0.0466 e. The van der Waals surface area contributed by atoms with E-state index in [1.165, 1.54) is 36.9 Å². The maximum Gasteiger partial charge on any atom is 0.0466 e. The second kappa shape index (κ2) is 3.91. The molecule has 1 aliphatic carbocycles. The van der Waals surface area contributed by atoms with E-state index in [-0.39, 0.29) is 0 Å². The van der Waals surface area contributed by atoms with Gasteiger partial charge in [-0.3, -0.25) is 4.98 Å². The summed E-state index contributed by atoms with van der Waals surface area (Å²) in [7, 11) is 0. The van der Waals surface area contributed by atoms with Crippen LogP contribution in [0.25, 0.3) is 0 Å². The van der Waals surface area contributed by atoms with Crippen LogP contribution in [0.3, 0.4) is 0 Å². The molecule has 0 aliphatic heterocycles. The van der Waals surface area contributed by atoms with E-state index in [9.17, 15) is 0 Å². The van der Waals surface area contributed by atoms with Gasteiger partial charge < -0.3 is 0 Å². The van der Waals surface area contributed by atoms with Gasteiger partial charge in [-0.15, -0.1) is 0 Å². The van der Waals surface area contributed by atoms with Crippen molar-refractivity contribution in [2.24, 2.45) is 0 Å². The van der Waals surface area contributed by atoms with Gasteiger partial charge in [-0.05, 0) is 37.8 Å². The molecule has 1 nitrogen and oxygen atoms in total. The minimum absolute atomic E-state index is 0.620. The van der Waals surface area contributed by atoms with Gasteiger partial charge in [-0.1, -0.05) is 18.9 Å². The fourth-order valence-corrected chi connectivity index (χ4v) is 2.08. The van der Waals surface area contributed by atoms with Gasteiger partial charge in [0.1, 0.15) is 0 Å². The molecule has 1 radical (unpaired) electrons. The van der Waals surface area contributed by atoms with Crippen molar-refractivity contribution >= 4 is 0 Å². The van der Waals surface area contributed by atoms with Crippen LogP contribution in [0.1, 0.15) is 42.9 Å². The number of pyridine rings is 1. The maximum absolute atomic E-state index is 4.47. The SMILES string of the molecule is Cc1cccnc1C1[CH]CCCC1. The van der Waals surface area contributed by atoms with Gasteiger partial charge in [0.25, 0.3) is 0 Å². The summed E-state index contributed by atoms with van der Waals surface area (Å²) >= 11 is 0. The summed E-state index contributed by atoms with van der Waals surface area (Å²) in [5, 5.41) is 0. The molecule has 1 atom stereocenters. The third-order valence-electron chi connectivity index (χ3n) is 2.82. The standard InChI is InChI=1S/C12H16N/c1-10-6-5-9-13-12(10)11-7-3-2-4-8-11/h5-7,9,11H,2-4,8H2,1H3. The van der Waals surface area contributed by atoms with Gasteiger partial charge in [-0.2, -0.15) is 0 Å². The number of hydrogen-bond donors (Lipinski definition) is 0. The molecule has 0 bridgehead atoms. The lowest BCUT2D eigenvalue weighted by Gasteiger charge is -2.21. The van der Waals surface area contributed by atoms with Crippen LogP contribution in [0, 0.1) is 13.3 Å². The van der Waals surface area contributed by atoms with Gasteiger partial charge in [0.05, 0.1) is 0 Å². The zero-order valence-corrected chi connectivity index (χ0v) is 8.16. The van der Waals surface area contributed by atoms with Crippen LogP contribution in [0.4, 0.5) is 0 Å². The summed E-state index contributed by atoms with van der Waals surface area (Å²) in [6, 6.07) is 4.17. The van der Waals surface area contributed by atoms with Gasteiger partial charge in [0.15, 0.2) is 0 Å². The van der Waals surface area contributed by atoms with E-state index in [0.717, 1.165) is 0 Å². The lowest BCUT2D eigenvalue weighted by molar-refractivity contribution is 0.524. The molecule has 1 aliphatic rings. The summed E-state index contributed by atoms with van der Waals surface area (Å²) in [6.45, 7) is 2.16. The first-order valence-electron chi connectivity index (χ1n) is 5.13. The van der Waals surface area contributed by atoms with Crippen molar-refractivity contribution in [1.29, 1.82) is 0 Å². The lowest BCUT2D eigenvalue weighted by Crippen LogP contribution is -2.08. The highest BCUT2D eigenvalue weighted by molar-refractivity contribution is 5.24. The molecular formula is C12H16N. The average molecular weight is 174 g/mol. The molecule has 2 rings (SSSR count). The number of rotatable bonds is 1. The molecule has 1 saturated carbocycles. The molecule has 1 aromatic rings. The summed E-state index contributed by atoms with van der Waals surface area (Å²) in [5.41, 5.74) is 2.63. The van der Waals surface area contributed by atoms with Crippen molar-refractivity contribution < 1.29 is 0 Å². The molecule has 0 saturated heterocycles. The van der Waals surface area contributed by atoms with Crippen LogP contribution in [-0.4, -0.2) is 4.98 Å². The molecule has 0 N–H and O–H groups in total. The van der Waals surface area contributed by atoms with Gasteiger partial charge in [0.2, 0.25) is 0 Å². The normalized spacial score (nSPS) is 18.8. The van der Waals surface area contributed by atoms with Crippen LogP contribution >= 0.6 is 0 Å². The Balaban J connectivity index is 2.18. The Morgan fingerprint density at radius 3 is 3.00 bits per heavy atom. The molecule has 0 aromatic carbocycles. The average Bonchev–Trinajstić information content (AvgIpc) is 2.20. The van der Waals surface area contributed by atoms with Crippen molar-refractivity contribution in [3.8, 4) is 0 Å². The molecule has 0 spiro atoms. The molecule has 13 heavy (non-hydrogen) atoms. The molecule has 1 heteroatoms. The van der Waals surface area contributed by atoms with E-state index in [2.05, 4.69) is 24.4 Å². The Labute approximate surface area is 80.2 Å². The van der Waals surface area contributed by atoms with Crippen molar-refractivity contribution in [2.45, 2.75) is 38.5 Å². The molecule has 1 fully saturated rings. The van der Waals surface area contributed by atoms with Crippen LogP contribution < -0.4 is 0 Å². The number of aromatic nitrogens is 1. The Morgan fingerprint density at radius 1 is 1.38 bits per heavy atom. The van der Waals surface area contributed by atoms with E-state index in [4.69, 9.17) is 0 Å². The van der Waals surface area contributed by atoms with Gasteiger partial charge in [-0.25, -0.2) is 0 Å². The quantitative estimate of drug-likeness (QED) is 0.637. The van der Waals surface area contributed by atoms with E-state index >= 15 is 0 Å².